The lowest BCUT2D eigenvalue weighted by molar-refractivity contribution is -0.384. The minimum atomic E-state index is -4.62. The number of carbonyl (C=O) groups is 5. The molecular formula is C65H68ClN11O12S. The fourth-order valence-electron chi connectivity index (χ4n) is 12.3. The van der Waals surface area contributed by atoms with Crippen LogP contribution < -0.4 is 35.0 Å². The number of nitro benzene ring substituents is 1. The molecule has 5 aliphatic heterocycles. The zero-order chi connectivity index (χ0) is 62.5. The third kappa shape index (κ3) is 13.8. The molecule has 0 aliphatic carbocycles. The van der Waals surface area contributed by atoms with E-state index in [1.54, 1.807) is 42.6 Å². The summed E-state index contributed by atoms with van der Waals surface area (Å²) < 4.78 is 48.4. The van der Waals surface area contributed by atoms with Gasteiger partial charge in [0.05, 0.1) is 39.3 Å². The molecule has 7 heterocycles. The Morgan fingerprint density at radius 1 is 0.800 bits per heavy atom. The normalized spacial score (nSPS) is 17.7. The molecule has 5 aliphatic rings. The molecule has 0 saturated carbocycles. The molecule has 0 spiro atoms. The van der Waals surface area contributed by atoms with Crippen LogP contribution in [0.1, 0.15) is 81.6 Å². The number of amides is 5. The predicted octanol–water partition coefficient (Wildman–Crippen LogP) is 8.86. The lowest BCUT2D eigenvalue weighted by Crippen LogP contribution is -2.54. The number of nitrogens with one attached hydrogen (secondary N) is 5. The number of likely N-dealkylation sites (tertiary alicyclic amines) is 1. The second kappa shape index (κ2) is 27.0. The molecule has 2 aromatic heterocycles. The number of nitro groups is 1. The van der Waals surface area contributed by atoms with E-state index in [1.165, 1.54) is 24.4 Å². The zero-order valence-electron chi connectivity index (χ0n) is 49.3. The van der Waals surface area contributed by atoms with Gasteiger partial charge in [0.2, 0.25) is 11.8 Å². The number of anilines is 3. The molecule has 0 radical (unpaired) electrons. The van der Waals surface area contributed by atoms with E-state index in [-0.39, 0.29) is 46.9 Å². The molecule has 468 valence electrons. The fourth-order valence-corrected chi connectivity index (χ4v) is 13.5. The van der Waals surface area contributed by atoms with Crippen LogP contribution >= 0.6 is 11.6 Å². The Bertz CT molecular complexity index is 4000. The van der Waals surface area contributed by atoms with Crippen molar-refractivity contribution >= 4 is 84.9 Å². The van der Waals surface area contributed by atoms with Gasteiger partial charge in [-0.25, -0.2) is 18.1 Å². The van der Waals surface area contributed by atoms with Gasteiger partial charge in [-0.3, -0.25) is 49.2 Å². The molecule has 12 rings (SSSR count). The Hall–Kier alpha value is -8.94. The van der Waals surface area contributed by atoms with Crippen LogP contribution in [0.3, 0.4) is 0 Å². The first-order chi connectivity index (χ1) is 43.6. The molecule has 7 aromatic rings. The maximum atomic E-state index is 14.1. The summed E-state index contributed by atoms with van der Waals surface area (Å²) in [5, 5.41) is 22.3. The number of unbranched alkanes of at least 4 members (excludes halogenated alkanes) is 2. The number of carbonyl (C=O) groups excluding carboxylic acids is 5. The number of aromatic nitrogens is 2. The number of fused-ring (bicyclic) bond motifs is 2. The summed E-state index contributed by atoms with van der Waals surface area (Å²) in [5.74, 6) is -1.32. The van der Waals surface area contributed by atoms with Crippen LogP contribution in [0.4, 0.5) is 22.7 Å². The quantitative estimate of drug-likeness (QED) is 0.0163. The minimum Gasteiger partial charge on any atom is -0.493 e. The number of benzene rings is 5. The largest absolute Gasteiger partial charge is 0.493 e. The summed E-state index contributed by atoms with van der Waals surface area (Å²) >= 11 is 6.37. The second-order valence-corrected chi connectivity index (χ2v) is 25.4. The zero-order valence-corrected chi connectivity index (χ0v) is 50.9. The first kappa shape index (κ1) is 61.3. The van der Waals surface area contributed by atoms with Crippen LogP contribution in [0.2, 0.25) is 5.02 Å². The van der Waals surface area contributed by atoms with Gasteiger partial charge in [0, 0.05) is 130 Å². The number of nitrogens with zero attached hydrogens (tertiary/aromatic N) is 6. The lowest BCUT2D eigenvalue weighted by Gasteiger charge is -2.39. The first-order valence-electron chi connectivity index (χ1n) is 30.3. The first-order valence-corrected chi connectivity index (χ1v) is 32.2. The molecule has 23 nitrogen and oxygen atoms in total. The van der Waals surface area contributed by atoms with Gasteiger partial charge in [0.1, 0.15) is 34.6 Å². The Kier molecular flexibility index (Phi) is 18.4. The number of imide groups is 2. The van der Waals surface area contributed by atoms with Gasteiger partial charge in [0.15, 0.2) is 0 Å². The summed E-state index contributed by atoms with van der Waals surface area (Å²) in [6.07, 6.45) is 7.79. The number of H-pyrrole nitrogens is 1. The fraction of sp³-hybridized carbons (Fsp3) is 0.354. The van der Waals surface area contributed by atoms with E-state index >= 15 is 0 Å². The number of hydrogen-bond donors (Lipinski definition) is 5. The Labute approximate surface area is 524 Å². The smallest absolute Gasteiger partial charge is 0.293 e. The van der Waals surface area contributed by atoms with Crippen molar-refractivity contribution in [3.63, 3.8) is 0 Å². The maximum Gasteiger partial charge on any atom is 0.293 e. The number of piperazine rings is 1. The molecular weight excluding hydrogens is 1190 g/mol. The van der Waals surface area contributed by atoms with E-state index in [0.717, 1.165) is 96.2 Å². The minimum absolute atomic E-state index is 0.0591. The number of hydrogen-bond acceptors (Lipinski definition) is 18. The third-order valence-corrected chi connectivity index (χ3v) is 18.9. The van der Waals surface area contributed by atoms with E-state index in [0.29, 0.717) is 93.7 Å². The van der Waals surface area contributed by atoms with Gasteiger partial charge < -0.3 is 39.6 Å². The van der Waals surface area contributed by atoms with Crippen molar-refractivity contribution in [2.24, 2.45) is 11.8 Å². The van der Waals surface area contributed by atoms with Crippen LogP contribution in [0.5, 0.6) is 17.2 Å². The van der Waals surface area contributed by atoms with E-state index in [1.807, 2.05) is 42.5 Å². The molecule has 4 fully saturated rings. The van der Waals surface area contributed by atoms with Crippen molar-refractivity contribution < 1.29 is 51.5 Å². The molecule has 4 saturated heterocycles. The SMILES string of the molecule is O=C1CCC(N2C(=O)c3cccc(NCCCCCN4CC(COc5cccc(-c6ccc(Cl)cc6)c5CN5CCN(c6ccc(C(=O)NS(=O)(=O)c7ccc(NCC8CCOCC8)c([N+](=O)[O-])c7)c(Oc7cnc8[nH]ccc8c7)c6)CC5)C4)c3C2=O)C(=O)N1. The molecule has 90 heavy (non-hydrogen) atoms. The molecule has 25 heteroatoms. The van der Waals surface area contributed by atoms with Crippen molar-refractivity contribution in [1.29, 1.82) is 0 Å². The molecule has 1 atom stereocenters. The van der Waals surface area contributed by atoms with E-state index in [9.17, 15) is 42.5 Å². The second-order valence-electron chi connectivity index (χ2n) is 23.3. The van der Waals surface area contributed by atoms with Gasteiger partial charge in [-0.1, -0.05) is 48.4 Å². The molecule has 5 N–H and O–H groups in total. The summed E-state index contributed by atoms with van der Waals surface area (Å²) in [4.78, 5) is 91.8. The standard InChI is InChI=1S/C65H68ClN11O12S/c66-45-12-10-43(11-13-45)49-6-5-9-57(88-40-42-37-74(38-42)25-3-1-2-23-67-54-8-4-7-51-60(54)65(82)76(64(51)81)55-18-19-59(78)71-63(55)80)52(49)39-73-26-28-75(29-27-73)46-14-16-50(58(33-46)89-47-32-44-20-24-68-61(44)70-36-47)62(79)72-90(85,86)48-15-17-53(56(34-48)77(83)84)69-35-41-21-30-87-31-22-41/h4-17,20,24,32-34,36,41-42,55,67,69H,1-3,18-19,21-23,25-31,35,37-40H2,(H,68,70)(H,72,79)(H,71,78,80). The highest BCUT2D eigenvalue weighted by Gasteiger charge is 2.46. The number of pyridine rings is 1. The summed E-state index contributed by atoms with van der Waals surface area (Å²) in [5.41, 5.74) is 5.18. The van der Waals surface area contributed by atoms with Crippen LogP contribution in [-0.2, 0) is 30.9 Å². The molecule has 1 unspecified atom stereocenters. The molecule has 0 bridgehead atoms. The maximum absolute atomic E-state index is 14.1. The number of rotatable bonds is 24. The van der Waals surface area contributed by atoms with E-state index in [4.69, 9.17) is 25.8 Å². The number of piperidine rings is 1. The van der Waals surface area contributed by atoms with Gasteiger partial charge in [-0.2, -0.15) is 0 Å². The Morgan fingerprint density at radius 3 is 2.38 bits per heavy atom. The van der Waals surface area contributed by atoms with Crippen LogP contribution in [0, 0.1) is 22.0 Å². The number of halogens is 1. The highest BCUT2D eigenvalue weighted by molar-refractivity contribution is 7.90. The molecule has 5 amide bonds. The Balaban J connectivity index is 0.659. The van der Waals surface area contributed by atoms with Crippen LogP contribution in [0.15, 0.2) is 126 Å². The van der Waals surface area contributed by atoms with Crippen molar-refractivity contribution in [3.05, 3.63) is 159 Å². The highest BCUT2D eigenvalue weighted by Crippen LogP contribution is 2.38. The topological polar surface area (TPSA) is 280 Å². The van der Waals surface area contributed by atoms with Crippen molar-refractivity contribution in [3.8, 4) is 28.4 Å². The summed E-state index contributed by atoms with van der Waals surface area (Å²) in [7, 11) is -4.62. The average Bonchev–Trinajstić information content (AvgIpc) is 1.76. The summed E-state index contributed by atoms with van der Waals surface area (Å²) in [6, 6.07) is 30.1. The van der Waals surface area contributed by atoms with Gasteiger partial charge >= 0.3 is 0 Å². The monoisotopic (exact) mass is 1260 g/mol. The predicted molar refractivity (Wildman–Crippen MR) is 338 cm³/mol. The lowest BCUT2D eigenvalue weighted by atomic mass is 9.97. The number of sulfonamides is 1. The third-order valence-electron chi connectivity index (χ3n) is 17.3. The number of ether oxygens (including phenoxy) is 3. The highest BCUT2D eigenvalue weighted by atomic mass is 35.5. The average molecular weight is 1260 g/mol. The van der Waals surface area contributed by atoms with Gasteiger partial charge in [-0.15, -0.1) is 0 Å². The van der Waals surface area contributed by atoms with Crippen LogP contribution in [0.25, 0.3) is 22.2 Å². The van der Waals surface area contributed by atoms with Crippen molar-refractivity contribution in [2.45, 2.75) is 62.4 Å². The van der Waals surface area contributed by atoms with E-state index in [2.05, 4.69) is 51.4 Å². The number of aromatic amines is 1. The molecule has 5 aromatic carbocycles. The van der Waals surface area contributed by atoms with Crippen molar-refractivity contribution in [1.82, 2.24) is 34.7 Å². The van der Waals surface area contributed by atoms with E-state index < -0.39 is 61.1 Å². The van der Waals surface area contributed by atoms with Gasteiger partial charge in [-0.05, 0) is 122 Å². The Morgan fingerprint density at radius 2 is 1.59 bits per heavy atom. The van der Waals surface area contributed by atoms with Crippen molar-refractivity contribution in [2.75, 3.05) is 94.3 Å². The van der Waals surface area contributed by atoms with Gasteiger partial charge in [0.25, 0.3) is 33.4 Å². The van der Waals surface area contributed by atoms with Crippen LogP contribution in [-0.4, -0.2) is 152 Å². The summed E-state index contributed by atoms with van der Waals surface area (Å²) in [6.45, 7) is 8.73.